The maximum atomic E-state index is 12.1. The first kappa shape index (κ1) is 17.3. The van der Waals surface area contributed by atoms with E-state index in [9.17, 15) is 14.7 Å². The zero-order chi connectivity index (χ0) is 17.5. The summed E-state index contributed by atoms with van der Waals surface area (Å²) in [4.78, 5) is 24.0. The van der Waals surface area contributed by atoms with E-state index in [0.717, 1.165) is 11.3 Å². The number of hydrogen-bond acceptors (Lipinski definition) is 5. The van der Waals surface area contributed by atoms with Gasteiger partial charge in [-0.15, -0.1) is 0 Å². The first-order valence-corrected chi connectivity index (χ1v) is 7.28. The number of carbonyl (C=O) groups is 2. The molecule has 0 atom stereocenters. The molecule has 0 amide bonds. The second kappa shape index (κ2) is 7.97. The molecule has 5 nitrogen and oxygen atoms in total. The maximum Gasteiger partial charge on any atom is 0.174 e. The zero-order valence-corrected chi connectivity index (χ0v) is 13.5. The van der Waals surface area contributed by atoms with Crippen molar-refractivity contribution < 1.29 is 24.2 Å². The average Bonchev–Trinajstić information content (AvgIpc) is 2.60. The number of aromatic hydroxyl groups is 1. The van der Waals surface area contributed by atoms with Crippen LogP contribution in [0.3, 0.4) is 0 Å². The number of allylic oxidation sites excluding steroid dienone is 1. The SMILES string of the molecule is COc1ccc(C=CC(=O)CC(=O)c2ccc(OC)cc2O)cc1. The van der Waals surface area contributed by atoms with Crippen LogP contribution in [0.4, 0.5) is 0 Å². The topological polar surface area (TPSA) is 72.8 Å². The summed E-state index contributed by atoms with van der Waals surface area (Å²) in [5.41, 5.74) is 0.922. The van der Waals surface area contributed by atoms with Crippen molar-refractivity contribution >= 4 is 17.6 Å². The van der Waals surface area contributed by atoms with Gasteiger partial charge in [-0.25, -0.2) is 0 Å². The largest absolute Gasteiger partial charge is 0.507 e. The number of ether oxygens (including phenoxy) is 2. The molecule has 0 aliphatic heterocycles. The van der Waals surface area contributed by atoms with Crippen LogP contribution < -0.4 is 9.47 Å². The van der Waals surface area contributed by atoms with Gasteiger partial charge in [0, 0.05) is 6.07 Å². The number of hydrogen-bond donors (Lipinski definition) is 1. The quantitative estimate of drug-likeness (QED) is 0.480. The molecule has 2 aromatic rings. The van der Waals surface area contributed by atoms with Gasteiger partial charge in [0.05, 0.1) is 26.2 Å². The molecule has 24 heavy (non-hydrogen) atoms. The smallest absolute Gasteiger partial charge is 0.174 e. The number of rotatable bonds is 7. The molecule has 5 heteroatoms. The van der Waals surface area contributed by atoms with E-state index in [1.807, 2.05) is 0 Å². The maximum absolute atomic E-state index is 12.1. The van der Waals surface area contributed by atoms with Gasteiger partial charge in [-0.1, -0.05) is 18.2 Å². The van der Waals surface area contributed by atoms with Crippen LogP contribution in [-0.2, 0) is 4.79 Å². The highest BCUT2D eigenvalue weighted by Crippen LogP contribution is 2.24. The van der Waals surface area contributed by atoms with Crippen LogP contribution in [0.1, 0.15) is 22.3 Å². The molecule has 124 valence electrons. The Bertz CT molecular complexity index is 760. The first-order valence-electron chi connectivity index (χ1n) is 7.28. The number of Topliss-reactive ketones (excluding diaryl/α,β-unsaturated/α-hetero) is 1. The number of carbonyl (C=O) groups excluding carboxylic acids is 2. The van der Waals surface area contributed by atoms with Crippen LogP contribution >= 0.6 is 0 Å². The minimum Gasteiger partial charge on any atom is -0.507 e. The number of methoxy groups -OCH3 is 2. The van der Waals surface area contributed by atoms with Gasteiger partial charge in [-0.05, 0) is 35.9 Å². The van der Waals surface area contributed by atoms with E-state index in [-0.39, 0.29) is 23.5 Å². The summed E-state index contributed by atoms with van der Waals surface area (Å²) in [6, 6.07) is 11.5. The van der Waals surface area contributed by atoms with Crippen molar-refractivity contribution in [1.29, 1.82) is 0 Å². The standard InChI is InChI=1S/C19H18O5/c1-23-15-7-4-13(5-8-15)3-6-14(20)11-18(21)17-10-9-16(24-2)12-19(17)22/h3-10,12,22H,11H2,1-2H3. The van der Waals surface area contributed by atoms with Crippen molar-refractivity contribution in [3.8, 4) is 17.2 Å². The molecular formula is C19H18O5. The summed E-state index contributed by atoms with van der Waals surface area (Å²) in [5.74, 6) is 0.176. The normalized spacial score (nSPS) is 10.6. The van der Waals surface area contributed by atoms with Crippen molar-refractivity contribution in [3.05, 3.63) is 59.7 Å². The van der Waals surface area contributed by atoms with Gasteiger partial charge >= 0.3 is 0 Å². The lowest BCUT2D eigenvalue weighted by atomic mass is 10.0. The summed E-state index contributed by atoms with van der Waals surface area (Å²) >= 11 is 0. The molecule has 0 aliphatic carbocycles. The van der Waals surface area contributed by atoms with E-state index in [0.29, 0.717) is 5.75 Å². The van der Waals surface area contributed by atoms with Gasteiger partial charge in [0.2, 0.25) is 0 Å². The van der Waals surface area contributed by atoms with Crippen molar-refractivity contribution in [2.24, 2.45) is 0 Å². The Balaban J connectivity index is 2.00. The number of phenols is 1. The predicted molar refractivity (Wildman–Crippen MR) is 90.6 cm³/mol. The lowest BCUT2D eigenvalue weighted by Crippen LogP contribution is -2.06. The lowest BCUT2D eigenvalue weighted by Gasteiger charge is -2.05. The molecule has 2 rings (SSSR count). The van der Waals surface area contributed by atoms with Crippen LogP contribution in [0, 0.1) is 0 Å². The Morgan fingerprint density at radius 3 is 2.21 bits per heavy atom. The monoisotopic (exact) mass is 326 g/mol. The minimum atomic E-state index is -0.445. The van der Waals surface area contributed by atoms with E-state index in [1.165, 1.54) is 25.3 Å². The van der Waals surface area contributed by atoms with Gasteiger partial charge in [0.1, 0.15) is 17.2 Å². The molecule has 0 aliphatic rings. The highest BCUT2D eigenvalue weighted by Gasteiger charge is 2.14. The van der Waals surface area contributed by atoms with Gasteiger partial charge in [-0.3, -0.25) is 9.59 Å². The highest BCUT2D eigenvalue weighted by atomic mass is 16.5. The zero-order valence-electron chi connectivity index (χ0n) is 13.5. The van der Waals surface area contributed by atoms with E-state index >= 15 is 0 Å². The summed E-state index contributed by atoms with van der Waals surface area (Å²) < 4.78 is 10.0. The molecule has 0 radical (unpaired) electrons. The third-order valence-corrected chi connectivity index (χ3v) is 3.42. The van der Waals surface area contributed by atoms with Crippen LogP contribution in [0.15, 0.2) is 48.5 Å². The van der Waals surface area contributed by atoms with Crippen molar-refractivity contribution in [2.75, 3.05) is 14.2 Å². The third-order valence-electron chi connectivity index (χ3n) is 3.42. The molecule has 1 N–H and O–H groups in total. The van der Waals surface area contributed by atoms with E-state index in [2.05, 4.69) is 0 Å². The van der Waals surface area contributed by atoms with Crippen molar-refractivity contribution in [3.63, 3.8) is 0 Å². The molecule has 0 heterocycles. The number of benzene rings is 2. The summed E-state index contributed by atoms with van der Waals surface area (Å²) in [6.07, 6.45) is 2.66. The van der Waals surface area contributed by atoms with Crippen LogP contribution in [-0.4, -0.2) is 30.9 Å². The van der Waals surface area contributed by atoms with Gasteiger partial charge in [0.15, 0.2) is 11.6 Å². The number of phenolic OH excluding ortho intramolecular Hbond substituents is 1. The third kappa shape index (κ3) is 4.46. The Morgan fingerprint density at radius 1 is 1.00 bits per heavy atom. The van der Waals surface area contributed by atoms with Crippen molar-refractivity contribution in [1.82, 2.24) is 0 Å². The van der Waals surface area contributed by atoms with Gasteiger partial charge < -0.3 is 14.6 Å². The average molecular weight is 326 g/mol. The fraction of sp³-hybridized carbons (Fsp3) is 0.158. The van der Waals surface area contributed by atoms with Crippen LogP contribution in [0.2, 0.25) is 0 Å². The molecule has 0 unspecified atom stereocenters. The molecule has 0 spiro atoms. The van der Waals surface area contributed by atoms with Crippen LogP contribution in [0.25, 0.3) is 6.08 Å². The minimum absolute atomic E-state index is 0.0991. The molecule has 0 saturated carbocycles. The van der Waals surface area contributed by atoms with Crippen molar-refractivity contribution in [2.45, 2.75) is 6.42 Å². The Morgan fingerprint density at radius 2 is 1.62 bits per heavy atom. The summed E-state index contributed by atoms with van der Waals surface area (Å²) in [6.45, 7) is 0. The molecule has 0 aromatic heterocycles. The fourth-order valence-corrected chi connectivity index (χ4v) is 2.09. The van der Waals surface area contributed by atoms with E-state index in [1.54, 1.807) is 43.5 Å². The second-order valence-corrected chi connectivity index (χ2v) is 5.06. The Hall–Kier alpha value is -3.08. The predicted octanol–water partition coefficient (Wildman–Crippen LogP) is 3.26. The van der Waals surface area contributed by atoms with E-state index in [4.69, 9.17) is 9.47 Å². The summed E-state index contributed by atoms with van der Waals surface area (Å²) in [5, 5.41) is 9.82. The molecule has 0 saturated heterocycles. The van der Waals surface area contributed by atoms with Crippen LogP contribution in [0.5, 0.6) is 17.2 Å². The molecule has 0 fully saturated rings. The Labute approximate surface area is 140 Å². The fourth-order valence-electron chi connectivity index (χ4n) is 2.09. The van der Waals surface area contributed by atoms with E-state index < -0.39 is 5.78 Å². The lowest BCUT2D eigenvalue weighted by molar-refractivity contribution is -0.113. The summed E-state index contributed by atoms with van der Waals surface area (Å²) in [7, 11) is 3.04. The molecular weight excluding hydrogens is 308 g/mol. The second-order valence-electron chi connectivity index (χ2n) is 5.06. The Kier molecular flexibility index (Phi) is 5.73. The van der Waals surface area contributed by atoms with Gasteiger partial charge in [0.25, 0.3) is 0 Å². The first-order chi connectivity index (χ1) is 11.5. The van der Waals surface area contributed by atoms with Gasteiger partial charge in [-0.2, -0.15) is 0 Å². The molecule has 2 aromatic carbocycles. The highest BCUT2D eigenvalue weighted by molar-refractivity contribution is 6.13. The number of ketones is 2. The molecule has 0 bridgehead atoms.